The standard InChI is InChI=1S/2C10H15.2C3H8S.C2H3N.2Ru.H/c2*1-6-7(2)9(4)10(5)8(6)3;2*1-3(2)4;1-2-3;;;/h2*1-5H3;2*3-4H,1-2H3;1H3;;;/q2*-1;;;;+1;+5;/p-2. The SMILES string of the molecule is CC#N.CC(C)[S-].CC(C)[S-].Cc1c(C)c(C)[c-](C)c1C.Cc1c(C)c(C)[c-](C)c1C.[Ru+5].[RuH+]. The number of hydrogen-bond donors (Lipinski definition) is 0. The van der Waals surface area contributed by atoms with Crippen LogP contribution >= 0.6 is 0 Å². The molecule has 33 heavy (non-hydrogen) atoms. The van der Waals surface area contributed by atoms with Gasteiger partial charge in [0.2, 0.25) is 0 Å². The van der Waals surface area contributed by atoms with Crippen molar-refractivity contribution < 1.29 is 39.0 Å². The average molecular weight is 665 g/mol. The van der Waals surface area contributed by atoms with Crippen LogP contribution in [-0.4, -0.2) is 10.5 Å². The van der Waals surface area contributed by atoms with Gasteiger partial charge in [0.05, 0.1) is 6.07 Å². The predicted molar refractivity (Wildman–Crippen MR) is 149 cm³/mol. The van der Waals surface area contributed by atoms with Crippen molar-refractivity contribution in [1.82, 2.24) is 0 Å². The van der Waals surface area contributed by atoms with Crippen LogP contribution in [0, 0.1) is 80.6 Å². The van der Waals surface area contributed by atoms with E-state index in [1.807, 2.05) is 27.7 Å². The second-order valence-corrected chi connectivity index (χ2v) is 10.5. The van der Waals surface area contributed by atoms with Gasteiger partial charge in [-0.1, -0.05) is 96.9 Å². The summed E-state index contributed by atoms with van der Waals surface area (Å²) in [6, 6.07) is 1.75. The summed E-state index contributed by atoms with van der Waals surface area (Å²) in [6.07, 6.45) is 0. The third-order valence-corrected chi connectivity index (χ3v) is 5.62. The van der Waals surface area contributed by atoms with Crippen LogP contribution in [0.1, 0.15) is 90.3 Å². The van der Waals surface area contributed by atoms with Crippen LogP contribution < -0.4 is 0 Å². The normalized spacial score (nSPS) is 8.79. The van der Waals surface area contributed by atoms with Crippen LogP contribution in [0.4, 0.5) is 0 Å². The number of rotatable bonds is 0. The van der Waals surface area contributed by atoms with Crippen molar-refractivity contribution in [3.63, 3.8) is 0 Å². The Balaban J connectivity index is -0.000000107. The van der Waals surface area contributed by atoms with Crippen molar-refractivity contribution >= 4 is 25.3 Å². The van der Waals surface area contributed by atoms with Crippen LogP contribution in [0.15, 0.2) is 0 Å². The molecule has 0 bridgehead atoms. The van der Waals surface area contributed by atoms with Crippen molar-refractivity contribution in [1.29, 1.82) is 5.26 Å². The fraction of sp³-hybridized carbons (Fsp3) is 0.607. The fourth-order valence-electron chi connectivity index (χ4n) is 2.81. The minimum atomic E-state index is 0. The minimum absolute atomic E-state index is 0. The molecular weight excluding hydrogens is 617 g/mol. The van der Waals surface area contributed by atoms with E-state index >= 15 is 0 Å². The summed E-state index contributed by atoms with van der Waals surface area (Å²) >= 11 is 9.24. The Hall–Kier alpha value is 0.137. The molecule has 0 aliphatic heterocycles. The van der Waals surface area contributed by atoms with Gasteiger partial charge >= 0.3 is 39.0 Å². The van der Waals surface area contributed by atoms with Gasteiger partial charge in [-0.3, -0.25) is 0 Å². The van der Waals surface area contributed by atoms with E-state index in [-0.39, 0.29) is 39.0 Å². The first-order valence-electron chi connectivity index (χ1n) is 11.0. The fourth-order valence-corrected chi connectivity index (χ4v) is 2.81. The van der Waals surface area contributed by atoms with Gasteiger partial charge in [-0.15, -0.1) is 0 Å². The molecule has 0 saturated carbocycles. The van der Waals surface area contributed by atoms with Gasteiger partial charge in [0.25, 0.3) is 0 Å². The van der Waals surface area contributed by atoms with Gasteiger partial charge in [-0.2, -0.15) is 71.4 Å². The van der Waals surface area contributed by atoms with Crippen molar-refractivity contribution in [2.75, 3.05) is 0 Å². The molecule has 5 heteroatoms. The molecule has 0 atom stereocenters. The molecule has 2 aromatic carbocycles. The first-order chi connectivity index (χ1) is 14.0. The third-order valence-electron chi connectivity index (χ3n) is 5.62. The van der Waals surface area contributed by atoms with E-state index in [1.165, 1.54) is 62.6 Å². The average Bonchev–Trinajstić information content (AvgIpc) is 2.92. The zero-order valence-corrected chi connectivity index (χ0v) is 28.9. The molecule has 1 nitrogen and oxygen atoms in total. The Kier molecular flexibility index (Phi) is 29.6. The molecule has 0 heterocycles. The van der Waals surface area contributed by atoms with Gasteiger partial charge in [0, 0.05) is 6.92 Å². The van der Waals surface area contributed by atoms with E-state index in [4.69, 9.17) is 5.26 Å². The van der Waals surface area contributed by atoms with E-state index in [1.54, 1.807) is 6.07 Å². The van der Waals surface area contributed by atoms with Crippen LogP contribution in [0.25, 0.3) is 0 Å². The Morgan fingerprint density at radius 3 is 0.727 bits per heavy atom. The van der Waals surface area contributed by atoms with E-state index < -0.39 is 0 Å². The second kappa shape index (κ2) is 22.6. The van der Waals surface area contributed by atoms with Crippen LogP contribution in [0.3, 0.4) is 0 Å². The maximum absolute atomic E-state index is 7.32. The molecule has 0 aromatic heterocycles. The van der Waals surface area contributed by atoms with E-state index in [0.29, 0.717) is 10.5 Å². The van der Waals surface area contributed by atoms with Crippen molar-refractivity contribution in [3.05, 3.63) is 55.6 Å². The molecule has 0 aliphatic carbocycles. The molecule has 0 amide bonds. The van der Waals surface area contributed by atoms with E-state index in [2.05, 4.69) is 94.5 Å². The molecule has 0 unspecified atom stereocenters. The Bertz CT molecular complexity index is 579. The summed E-state index contributed by atoms with van der Waals surface area (Å²) in [4.78, 5) is 0. The number of hydrogen-bond acceptors (Lipinski definition) is 3. The van der Waals surface area contributed by atoms with Crippen LogP contribution in [0.5, 0.6) is 0 Å². The monoisotopic (exact) mass is 666 g/mol. The molecule has 2 rings (SSSR count). The summed E-state index contributed by atoms with van der Waals surface area (Å²) in [7, 11) is 0. The summed E-state index contributed by atoms with van der Waals surface area (Å²) in [5.41, 5.74) is 14.7. The molecule has 0 spiro atoms. The summed E-state index contributed by atoms with van der Waals surface area (Å²) in [5, 5.41) is 8.15. The Morgan fingerprint density at radius 1 is 0.606 bits per heavy atom. The van der Waals surface area contributed by atoms with Crippen molar-refractivity contribution in [2.24, 2.45) is 0 Å². The van der Waals surface area contributed by atoms with Crippen molar-refractivity contribution in [3.8, 4) is 6.07 Å². The first kappa shape index (κ1) is 43.2. The van der Waals surface area contributed by atoms with Gasteiger partial charge < -0.3 is 25.3 Å². The molecule has 191 valence electrons. The molecule has 2 aromatic rings. The summed E-state index contributed by atoms with van der Waals surface area (Å²) in [5.74, 6) is 0. The Labute approximate surface area is 244 Å². The molecule has 0 aliphatic rings. The van der Waals surface area contributed by atoms with Gasteiger partial charge in [-0.25, -0.2) is 0 Å². The van der Waals surface area contributed by atoms with Crippen molar-refractivity contribution in [2.45, 2.75) is 114 Å². The van der Waals surface area contributed by atoms with Crippen LogP contribution in [-0.2, 0) is 64.2 Å². The number of nitrogens with zero attached hydrogens (tertiary/aromatic N) is 1. The van der Waals surface area contributed by atoms with Gasteiger partial charge in [-0.05, 0) is 0 Å². The molecule has 0 fully saturated rings. The summed E-state index contributed by atoms with van der Waals surface area (Å²) < 4.78 is 0. The zero-order chi connectivity index (χ0) is 25.6. The van der Waals surface area contributed by atoms with Gasteiger partial charge in [0.1, 0.15) is 0 Å². The van der Waals surface area contributed by atoms with E-state index in [9.17, 15) is 0 Å². The van der Waals surface area contributed by atoms with E-state index in [0.717, 1.165) is 0 Å². The maximum atomic E-state index is 7.32. The van der Waals surface area contributed by atoms with Crippen LogP contribution in [0.2, 0.25) is 0 Å². The molecule has 0 N–H and O–H groups in total. The second-order valence-electron chi connectivity index (χ2n) is 8.57. The topological polar surface area (TPSA) is 23.8 Å². The Morgan fingerprint density at radius 2 is 0.697 bits per heavy atom. The zero-order valence-electron chi connectivity index (χ0n) is 23.6. The quantitative estimate of drug-likeness (QED) is 0.162. The molecular formula is C28H48NRu2S2+2. The third kappa shape index (κ3) is 18.1. The predicted octanol–water partition coefficient (Wildman–Crippen LogP) is 8.04. The summed E-state index contributed by atoms with van der Waals surface area (Å²) in [6.45, 7) is 31.3. The first-order valence-corrected chi connectivity index (χ1v) is 11.9. The van der Waals surface area contributed by atoms with Gasteiger partial charge in [0.15, 0.2) is 0 Å². The molecule has 0 saturated heterocycles. The number of nitriles is 1. The molecule has 2 radical (unpaired) electrons.